The molecule has 1 heterocycles. The van der Waals surface area contributed by atoms with Crippen LogP contribution < -0.4 is 10.6 Å². The number of hydrogen-bond donors (Lipinski definition) is 2. The molecule has 18 heavy (non-hydrogen) atoms. The summed E-state index contributed by atoms with van der Waals surface area (Å²) in [4.78, 5) is 12.3. The summed E-state index contributed by atoms with van der Waals surface area (Å²) in [6, 6.07) is 7.59. The molecule has 1 aliphatic heterocycles. The molecule has 2 N–H and O–H groups in total. The predicted molar refractivity (Wildman–Crippen MR) is 73.6 cm³/mol. The molecule has 4 heteroatoms. The Morgan fingerprint density at radius 3 is 2.94 bits per heavy atom. The first kappa shape index (κ1) is 13.4. The van der Waals surface area contributed by atoms with E-state index in [4.69, 9.17) is 11.6 Å². The van der Waals surface area contributed by atoms with E-state index >= 15 is 0 Å². The Morgan fingerprint density at radius 2 is 2.33 bits per heavy atom. The van der Waals surface area contributed by atoms with Crippen LogP contribution in [0.3, 0.4) is 0 Å². The first-order chi connectivity index (χ1) is 8.51. The van der Waals surface area contributed by atoms with Crippen molar-refractivity contribution in [2.75, 3.05) is 13.1 Å². The van der Waals surface area contributed by atoms with Crippen LogP contribution in [0.1, 0.15) is 31.9 Å². The van der Waals surface area contributed by atoms with Crippen molar-refractivity contribution in [3.8, 4) is 0 Å². The van der Waals surface area contributed by atoms with E-state index < -0.39 is 0 Å². The highest BCUT2D eigenvalue weighted by molar-refractivity contribution is 6.30. The van der Waals surface area contributed by atoms with Crippen molar-refractivity contribution in [1.29, 1.82) is 0 Å². The number of hydrogen-bond acceptors (Lipinski definition) is 2. The van der Waals surface area contributed by atoms with E-state index in [0.29, 0.717) is 5.02 Å². The van der Waals surface area contributed by atoms with Gasteiger partial charge in [-0.15, -0.1) is 0 Å². The van der Waals surface area contributed by atoms with Gasteiger partial charge >= 0.3 is 0 Å². The minimum absolute atomic E-state index is 0.0198. The van der Waals surface area contributed by atoms with Crippen molar-refractivity contribution in [3.05, 3.63) is 34.9 Å². The molecule has 1 saturated heterocycles. The van der Waals surface area contributed by atoms with Crippen LogP contribution in [-0.4, -0.2) is 19.0 Å². The van der Waals surface area contributed by atoms with Gasteiger partial charge < -0.3 is 10.6 Å². The van der Waals surface area contributed by atoms with E-state index in [1.807, 2.05) is 38.1 Å². The van der Waals surface area contributed by atoms with E-state index in [1.54, 1.807) is 0 Å². The Hall–Kier alpha value is -1.06. The molecule has 1 amide bonds. The summed E-state index contributed by atoms with van der Waals surface area (Å²) < 4.78 is 0. The molecule has 0 spiro atoms. The third kappa shape index (κ3) is 2.85. The Balaban J connectivity index is 2.03. The number of carbonyl (C=O) groups is 1. The molecule has 1 unspecified atom stereocenters. The second-order valence-electron chi connectivity index (χ2n) is 5.24. The van der Waals surface area contributed by atoms with Crippen LogP contribution in [0.5, 0.6) is 0 Å². The molecule has 0 aromatic heterocycles. The Bertz CT molecular complexity index is 441. The van der Waals surface area contributed by atoms with E-state index in [-0.39, 0.29) is 17.4 Å². The summed E-state index contributed by atoms with van der Waals surface area (Å²) in [5.74, 6) is 0.111. The van der Waals surface area contributed by atoms with Gasteiger partial charge in [-0.2, -0.15) is 0 Å². The molecule has 3 nitrogen and oxygen atoms in total. The number of halogens is 1. The molecule has 1 aromatic carbocycles. The zero-order chi connectivity index (χ0) is 13.2. The summed E-state index contributed by atoms with van der Waals surface area (Å²) in [7, 11) is 0. The lowest BCUT2D eigenvalue weighted by Crippen LogP contribution is -2.41. The molecule has 1 aromatic rings. The lowest BCUT2D eigenvalue weighted by molar-refractivity contribution is -0.129. The van der Waals surface area contributed by atoms with Crippen LogP contribution in [0.25, 0.3) is 0 Å². The molecular formula is C14H19ClN2O. The largest absolute Gasteiger partial charge is 0.349 e. The monoisotopic (exact) mass is 266 g/mol. The zero-order valence-corrected chi connectivity index (χ0v) is 11.6. The van der Waals surface area contributed by atoms with Gasteiger partial charge in [0.15, 0.2) is 0 Å². The van der Waals surface area contributed by atoms with Gasteiger partial charge in [0.05, 0.1) is 11.5 Å². The summed E-state index contributed by atoms with van der Waals surface area (Å²) in [6.45, 7) is 5.65. The minimum atomic E-state index is -0.285. The van der Waals surface area contributed by atoms with Crippen molar-refractivity contribution in [3.63, 3.8) is 0 Å². The highest BCUT2D eigenvalue weighted by Crippen LogP contribution is 2.26. The fourth-order valence-electron chi connectivity index (χ4n) is 2.24. The average Bonchev–Trinajstić information content (AvgIpc) is 2.77. The first-order valence-electron chi connectivity index (χ1n) is 6.28. The van der Waals surface area contributed by atoms with Gasteiger partial charge in [-0.05, 0) is 44.5 Å². The van der Waals surface area contributed by atoms with Crippen molar-refractivity contribution in [2.24, 2.45) is 5.41 Å². The first-order valence-corrected chi connectivity index (χ1v) is 6.66. The smallest absolute Gasteiger partial charge is 0.227 e. The molecule has 2 rings (SSSR count). The second kappa shape index (κ2) is 5.29. The molecule has 0 aliphatic carbocycles. The molecule has 0 radical (unpaired) electrons. The summed E-state index contributed by atoms with van der Waals surface area (Å²) in [5, 5.41) is 7.00. The fourth-order valence-corrected chi connectivity index (χ4v) is 2.44. The lowest BCUT2D eigenvalue weighted by atomic mass is 9.88. The van der Waals surface area contributed by atoms with Gasteiger partial charge in [0.1, 0.15) is 0 Å². The van der Waals surface area contributed by atoms with Crippen LogP contribution in [0.4, 0.5) is 0 Å². The number of amides is 1. The van der Waals surface area contributed by atoms with Gasteiger partial charge in [0, 0.05) is 11.6 Å². The van der Waals surface area contributed by atoms with Crippen molar-refractivity contribution in [1.82, 2.24) is 10.6 Å². The van der Waals surface area contributed by atoms with E-state index in [2.05, 4.69) is 10.6 Å². The molecular weight excluding hydrogens is 248 g/mol. The predicted octanol–water partition coefficient (Wildman–Crippen LogP) is 2.52. The molecule has 1 fully saturated rings. The molecule has 1 aliphatic rings. The van der Waals surface area contributed by atoms with Crippen LogP contribution in [0.15, 0.2) is 24.3 Å². The minimum Gasteiger partial charge on any atom is -0.349 e. The molecule has 0 saturated carbocycles. The summed E-state index contributed by atoms with van der Waals surface area (Å²) >= 11 is 5.96. The SMILES string of the molecule is C[C@H](NC(=O)C1(C)CCNC1)c1cccc(Cl)c1. The third-order valence-corrected chi connectivity index (χ3v) is 3.85. The van der Waals surface area contributed by atoms with Crippen LogP contribution in [-0.2, 0) is 4.79 Å². The van der Waals surface area contributed by atoms with Gasteiger partial charge in [-0.1, -0.05) is 23.7 Å². The van der Waals surface area contributed by atoms with Gasteiger partial charge in [0.25, 0.3) is 0 Å². The summed E-state index contributed by atoms with van der Waals surface area (Å²) in [6.07, 6.45) is 0.890. The Morgan fingerprint density at radius 1 is 1.56 bits per heavy atom. The zero-order valence-electron chi connectivity index (χ0n) is 10.8. The highest BCUT2D eigenvalue weighted by atomic mass is 35.5. The number of nitrogens with one attached hydrogen (secondary N) is 2. The lowest BCUT2D eigenvalue weighted by Gasteiger charge is -2.24. The maximum Gasteiger partial charge on any atom is 0.227 e. The van der Waals surface area contributed by atoms with Crippen molar-refractivity contribution in [2.45, 2.75) is 26.3 Å². The number of benzene rings is 1. The number of carbonyl (C=O) groups excluding carboxylic acids is 1. The van der Waals surface area contributed by atoms with Crippen molar-refractivity contribution >= 4 is 17.5 Å². The Kier molecular flexibility index (Phi) is 3.93. The van der Waals surface area contributed by atoms with Crippen LogP contribution >= 0.6 is 11.6 Å². The molecule has 0 bridgehead atoms. The van der Waals surface area contributed by atoms with Crippen LogP contribution in [0.2, 0.25) is 5.02 Å². The third-order valence-electron chi connectivity index (χ3n) is 3.61. The second-order valence-corrected chi connectivity index (χ2v) is 5.67. The van der Waals surface area contributed by atoms with Gasteiger partial charge in [-0.3, -0.25) is 4.79 Å². The topological polar surface area (TPSA) is 41.1 Å². The maximum atomic E-state index is 12.3. The van der Waals surface area contributed by atoms with E-state index in [1.165, 1.54) is 0 Å². The molecule has 98 valence electrons. The number of rotatable bonds is 3. The normalized spacial score (nSPS) is 24.8. The van der Waals surface area contributed by atoms with Crippen LogP contribution in [0, 0.1) is 5.41 Å². The van der Waals surface area contributed by atoms with E-state index in [9.17, 15) is 4.79 Å². The standard InChI is InChI=1S/C14H19ClN2O/c1-10(11-4-3-5-12(15)8-11)17-13(18)14(2)6-7-16-9-14/h3-5,8,10,16H,6-7,9H2,1-2H3,(H,17,18)/t10-,14?/m0/s1. The maximum absolute atomic E-state index is 12.3. The van der Waals surface area contributed by atoms with Gasteiger partial charge in [-0.25, -0.2) is 0 Å². The summed E-state index contributed by atoms with van der Waals surface area (Å²) in [5.41, 5.74) is 0.748. The Labute approximate surface area is 113 Å². The van der Waals surface area contributed by atoms with Gasteiger partial charge in [0.2, 0.25) is 5.91 Å². The molecule has 2 atom stereocenters. The highest BCUT2D eigenvalue weighted by Gasteiger charge is 2.36. The quantitative estimate of drug-likeness (QED) is 0.883. The fraction of sp³-hybridized carbons (Fsp3) is 0.500. The van der Waals surface area contributed by atoms with Crippen molar-refractivity contribution < 1.29 is 4.79 Å². The van der Waals surface area contributed by atoms with E-state index in [0.717, 1.165) is 25.1 Å². The average molecular weight is 267 g/mol.